The first-order valence-electron chi connectivity index (χ1n) is 6.46. The highest BCUT2D eigenvalue weighted by Crippen LogP contribution is 2.37. The lowest BCUT2D eigenvalue weighted by atomic mass is 9.75. The SMILES string of the molecule is C=C(Cl)CN1C(=O)NC2(CCC(CC)CC2)C1=O. The molecule has 1 heterocycles. The number of carbonyl (C=O) groups excluding carboxylic acids is 2. The minimum atomic E-state index is -0.672. The standard InChI is InChI=1S/C13H19ClN2O2/c1-3-10-4-6-13(7-5-10)11(17)16(8-9(2)14)12(18)15-13/h10H,2-8H2,1H3,(H,15,18). The molecule has 1 saturated carbocycles. The Labute approximate surface area is 112 Å². The van der Waals surface area contributed by atoms with E-state index in [0.29, 0.717) is 11.0 Å². The Hall–Kier alpha value is -1.03. The topological polar surface area (TPSA) is 49.4 Å². The third-order valence-electron chi connectivity index (χ3n) is 4.11. The van der Waals surface area contributed by atoms with Crippen molar-refractivity contribution in [3.8, 4) is 0 Å². The maximum atomic E-state index is 12.4. The predicted molar refractivity (Wildman–Crippen MR) is 70.2 cm³/mol. The van der Waals surface area contributed by atoms with Gasteiger partial charge < -0.3 is 5.32 Å². The molecule has 0 bridgehead atoms. The average molecular weight is 271 g/mol. The van der Waals surface area contributed by atoms with Crippen LogP contribution in [0.3, 0.4) is 0 Å². The van der Waals surface area contributed by atoms with Gasteiger partial charge in [0.2, 0.25) is 0 Å². The van der Waals surface area contributed by atoms with Crippen LogP contribution in [0.5, 0.6) is 0 Å². The molecule has 4 nitrogen and oxygen atoms in total. The maximum absolute atomic E-state index is 12.4. The summed E-state index contributed by atoms with van der Waals surface area (Å²) in [6.07, 6.45) is 4.61. The Morgan fingerprint density at radius 1 is 1.50 bits per heavy atom. The predicted octanol–water partition coefficient (Wildman–Crippen LogP) is 2.63. The molecule has 0 aromatic heterocycles. The molecule has 1 N–H and O–H groups in total. The second kappa shape index (κ2) is 4.92. The van der Waals surface area contributed by atoms with Crippen molar-refractivity contribution in [1.82, 2.24) is 10.2 Å². The van der Waals surface area contributed by atoms with Crippen LogP contribution in [0.15, 0.2) is 11.6 Å². The van der Waals surface area contributed by atoms with Gasteiger partial charge in [-0.05, 0) is 31.6 Å². The lowest BCUT2D eigenvalue weighted by Crippen LogP contribution is -2.49. The van der Waals surface area contributed by atoms with E-state index in [1.54, 1.807) is 0 Å². The Morgan fingerprint density at radius 3 is 2.61 bits per heavy atom. The maximum Gasteiger partial charge on any atom is 0.325 e. The molecule has 0 aromatic carbocycles. The summed E-state index contributed by atoms with van der Waals surface area (Å²) < 4.78 is 0. The van der Waals surface area contributed by atoms with Crippen LogP contribution in [0.25, 0.3) is 0 Å². The highest BCUT2D eigenvalue weighted by atomic mass is 35.5. The lowest BCUT2D eigenvalue weighted by Gasteiger charge is -2.34. The number of nitrogens with one attached hydrogen (secondary N) is 1. The molecule has 1 aliphatic carbocycles. The van der Waals surface area contributed by atoms with E-state index in [2.05, 4.69) is 18.8 Å². The van der Waals surface area contributed by atoms with E-state index in [4.69, 9.17) is 11.6 Å². The second-order valence-corrected chi connectivity index (χ2v) is 5.81. The van der Waals surface area contributed by atoms with Gasteiger partial charge in [-0.1, -0.05) is 31.5 Å². The second-order valence-electron chi connectivity index (χ2n) is 5.27. The number of rotatable bonds is 3. The van der Waals surface area contributed by atoms with E-state index in [-0.39, 0.29) is 18.5 Å². The minimum Gasteiger partial charge on any atom is -0.323 e. The van der Waals surface area contributed by atoms with Gasteiger partial charge in [0.15, 0.2) is 0 Å². The molecule has 2 aliphatic rings. The summed E-state index contributed by atoms with van der Waals surface area (Å²) >= 11 is 5.69. The van der Waals surface area contributed by atoms with E-state index in [1.165, 1.54) is 4.90 Å². The van der Waals surface area contributed by atoms with Crippen LogP contribution in [0, 0.1) is 5.92 Å². The summed E-state index contributed by atoms with van der Waals surface area (Å²) in [4.78, 5) is 25.4. The number of hydrogen-bond donors (Lipinski definition) is 1. The molecular weight excluding hydrogens is 252 g/mol. The highest BCUT2D eigenvalue weighted by molar-refractivity contribution is 6.30. The number of nitrogens with zero attached hydrogens (tertiary/aromatic N) is 1. The van der Waals surface area contributed by atoms with Crippen molar-refractivity contribution in [2.45, 2.75) is 44.6 Å². The molecule has 100 valence electrons. The van der Waals surface area contributed by atoms with Gasteiger partial charge >= 0.3 is 6.03 Å². The lowest BCUT2D eigenvalue weighted by molar-refractivity contribution is -0.132. The van der Waals surface area contributed by atoms with Crippen molar-refractivity contribution in [3.05, 3.63) is 11.6 Å². The quantitative estimate of drug-likeness (QED) is 0.802. The summed E-state index contributed by atoms with van der Waals surface area (Å²) in [5, 5.41) is 3.16. The van der Waals surface area contributed by atoms with Crippen LogP contribution in [0.1, 0.15) is 39.0 Å². The van der Waals surface area contributed by atoms with Crippen molar-refractivity contribution in [1.29, 1.82) is 0 Å². The Balaban J connectivity index is 2.10. The molecule has 0 unspecified atom stereocenters. The molecule has 1 spiro atoms. The van der Waals surface area contributed by atoms with Gasteiger partial charge in [0, 0.05) is 5.03 Å². The number of carbonyl (C=O) groups is 2. The normalized spacial score (nSPS) is 31.9. The zero-order valence-corrected chi connectivity index (χ0v) is 11.4. The van der Waals surface area contributed by atoms with Crippen molar-refractivity contribution in [2.75, 3.05) is 6.54 Å². The summed E-state index contributed by atoms with van der Waals surface area (Å²) in [5.41, 5.74) is -0.672. The summed E-state index contributed by atoms with van der Waals surface area (Å²) in [6, 6.07) is -0.336. The first-order valence-corrected chi connectivity index (χ1v) is 6.83. The van der Waals surface area contributed by atoms with Crippen LogP contribution >= 0.6 is 11.6 Å². The van der Waals surface area contributed by atoms with Gasteiger partial charge in [-0.3, -0.25) is 9.69 Å². The van der Waals surface area contributed by atoms with E-state index >= 15 is 0 Å². The van der Waals surface area contributed by atoms with Crippen molar-refractivity contribution >= 4 is 23.5 Å². The van der Waals surface area contributed by atoms with E-state index in [0.717, 1.165) is 32.1 Å². The van der Waals surface area contributed by atoms with Gasteiger partial charge in [0.25, 0.3) is 5.91 Å². The molecule has 2 fully saturated rings. The Bertz CT molecular complexity index is 386. The number of hydrogen-bond acceptors (Lipinski definition) is 2. The monoisotopic (exact) mass is 270 g/mol. The Morgan fingerprint density at radius 2 is 2.11 bits per heavy atom. The van der Waals surface area contributed by atoms with Gasteiger partial charge in [-0.2, -0.15) is 0 Å². The number of halogens is 1. The molecule has 1 saturated heterocycles. The van der Waals surface area contributed by atoms with Gasteiger partial charge in [0.05, 0.1) is 6.54 Å². The first kappa shape index (κ1) is 13.4. The molecule has 0 radical (unpaired) electrons. The zero-order chi connectivity index (χ0) is 13.3. The van der Waals surface area contributed by atoms with Crippen LogP contribution in [0.2, 0.25) is 0 Å². The molecular formula is C13H19ClN2O2. The number of urea groups is 1. The molecule has 1 aliphatic heterocycles. The van der Waals surface area contributed by atoms with Crippen LogP contribution in [0.4, 0.5) is 4.79 Å². The number of amides is 3. The van der Waals surface area contributed by atoms with Crippen molar-refractivity contribution in [3.63, 3.8) is 0 Å². The van der Waals surface area contributed by atoms with Crippen molar-refractivity contribution < 1.29 is 9.59 Å². The average Bonchev–Trinajstić information content (AvgIpc) is 2.55. The zero-order valence-electron chi connectivity index (χ0n) is 10.7. The van der Waals surface area contributed by atoms with E-state index < -0.39 is 5.54 Å². The minimum absolute atomic E-state index is 0.102. The van der Waals surface area contributed by atoms with Crippen LogP contribution in [-0.2, 0) is 4.79 Å². The van der Waals surface area contributed by atoms with Crippen LogP contribution in [-0.4, -0.2) is 28.9 Å². The molecule has 2 rings (SSSR count). The van der Waals surface area contributed by atoms with Gasteiger partial charge in [-0.15, -0.1) is 0 Å². The molecule has 5 heteroatoms. The Kier molecular flexibility index (Phi) is 3.66. The van der Waals surface area contributed by atoms with E-state index in [9.17, 15) is 9.59 Å². The molecule has 0 atom stereocenters. The number of imide groups is 1. The summed E-state index contributed by atoms with van der Waals surface area (Å²) in [6.45, 7) is 5.81. The van der Waals surface area contributed by atoms with E-state index in [1.807, 2.05) is 0 Å². The summed E-state index contributed by atoms with van der Waals surface area (Å²) in [5.74, 6) is 0.543. The van der Waals surface area contributed by atoms with Gasteiger partial charge in [0.1, 0.15) is 5.54 Å². The fourth-order valence-electron chi connectivity index (χ4n) is 2.91. The highest BCUT2D eigenvalue weighted by Gasteiger charge is 2.52. The fraction of sp³-hybridized carbons (Fsp3) is 0.692. The first-order chi connectivity index (χ1) is 8.48. The summed E-state index contributed by atoms with van der Waals surface area (Å²) in [7, 11) is 0. The molecule has 3 amide bonds. The largest absolute Gasteiger partial charge is 0.325 e. The third kappa shape index (κ3) is 2.26. The van der Waals surface area contributed by atoms with Gasteiger partial charge in [-0.25, -0.2) is 4.79 Å². The van der Waals surface area contributed by atoms with Crippen LogP contribution < -0.4 is 5.32 Å². The smallest absolute Gasteiger partial charge is 0.323 e. The van der Waals surface area contributed by atoms with Crippen molar-refractivity contribution in [2.24, 2.45) is 5.92 Å². The molecule has 18 heavy (non-hydrogen) atoms. The molecule has 0 aromatic rings. The fourth-order valence-corrected chi connectivity index (χ4v) is 3.03. The third-order valence-corrected chi connectivity index (χ3v) is 4.23.